The zero-order chi connectivity index (χ0) is 9.52. The van der Waals surface area contributed by atoms with Crippen molar-refractivity contribution >= 4 is 0 Å². The van der Waals surface area contributed by atoms with Crippen LogP contribution in [0.2, 0.25) is 0 Å². The van der Waals surface area contributed by atoms with Crippen molar-refractivity contribution < 1.29 is 5.11 Å². The van der Waals surface area contributed by atoms with E-state index in [1.54, 1.807) is 12.4 Å². The topological polar surface area (TPSA) is 33.1 Å². The summed E-state index contributed by atoms with van der Waals surface area (Å²) in [7, 11) is 0. The minimum atomic E-state index is -0.533. The van der Waals surface area contributed by atoms with Gasteiger partial charge in [-0.1, -0.05) is 17.9 Å². The van der Waals surface area contributed by atoms with E-state index in [-0.39, 0.29) is 0 Å². The summed E-state index contributed by atoms with van der Waals surface area (Å²) in [5, 5.41) is 9.10. The van der Waals surface area contributed by atoms with Crippen LogP contribution in [-0.2, 0) is 0 Å². The van der Waals surface area contributed by atoms with E-state index in [2.05, 4.69) is 23.4 Å². The van der Waals surface area contributed by atoms with E-state index in [0.717, 1.165) is 5.56 Å². The number of pyridine rings is 1. The van der Waals surface area contributed by atoms with Gasteiger partial charge in [-0.15, -0.1) is 6.58 Å². The second kappa shape index (κ2) is 5.13. The molecule has 1 aromatic rings. The molecule has 0 aliphatic rings. The zero-order valence-electron chi connectivity index (χ0n) is 7.27. The second-order valence-corrected chi connectivity index (χ2v) is 2.54. The number of hydrogen-bond acceptors (Lipinski definition) is 2. The fraction of sp³-hybridized carbons (Fsp3) is 0.182. The van der Waals surface area contributed by atoms with Gasteiger partial charge >= 0.3 is 0 Å². The zero-order valence-corrected chi connectivity index (χ0v) is 7.27. The fourth-order valence-electron chi connectivity index (χ4n) is 0.776. The molecule has 2 nitrogen and oxygen atoms in total. The van der Waals surface area contributed by atoms with Gasteiger partial charge in [-0.25, -0.2) is 0 Å². The van der Waals surface area contributed by atoms with Crippen molar-refractivity contribution in [3.8, 4) is 11.8 Å². The summed E-state index contributed by atoms with van der Waals surface area (Å²) in [6.07, 6.45) is 4.74. The van der Waals surface area contributed by atoms with Crippen LogP contribution in [0.15, 0.2) is 37.2 Å². The molecule has 13 heavy (non-hydrogen) atoms. The van der Waals surface area contributed by atoms with Crippen LogP contribution in [-0.4, -0.2) is 16.2 Å². The normalized spacial score (nSPS) is 11.2. The molecule has 1 rings (SSSR count). The quantitative estimate of drug-likeness (QED) is 0.541. The molecule has 1 atom stereocenters. The molecule has 66 valence electrons. The van der Waals surface area contributed by atoms with Gasteiger partial charge in [-0.2, -0.15) is 0 Å². The van der Waals surface area contributed by atoms with Crippen LogP contribution in [0, 0.1) is 11.8 Å². The highest BCUT2D eigenvalue weighted by Gasteiger charge is 1.91. The Bertz CT molecular complexity index is 321. The maximum atomic E-state index is 9.10. The van der Waals surface area contributed by atoms with Gasteiger partial charge in [0.25, 0.3) is 0 Å². The smallest absolute Gasteiger partial charge is 0.0827 e. The van der Waals surface area contributed by atoms with E-state index >= 15 is 0 Å². The van der Waals surface area contributed by atoms with E-state index in [4.69, 9.17) is 5.11 Å². The molecule has 0 aliphatic carbocycles. The van der Waals surface area contributed by atoms with E-state index < -0.39 is 6.10 Å². The van der Waals surface area contributed by atoms with Gasteiger partial charge in [0.1, 0.15) is 0 Å². The van der Waals surface area contributed by atoms with Gasteiger partial charge in [0.05, 0.1) is 6.10 Å². The molecule has 0 saturated heterocycles. The standard InChI is InChI=1S/C11H11NO/c1-2-11(13)5-3-4-10-6-8-12-9-7-10/h2,6-9,11,13H,1,5H2. The first-order valence-corrected chi connectivity index (χ1v) is 4.02. The number of aliphatic hydroxyl groups excluding tert-OH is 1. The van der Waals surface area contributed by atoms with Crippen LogP contribution in [0.4, 0.5) is 0 Å². The highest BCUT2D eigenvalue weighted by Crippen LogP contribution is 1.94. The number of rotatable bonds is 2. The van der Waals surface area contributed by atoms with Gasteiger partial charge in [-0.05, 0) is 12.1 Å². The number of aliphatic hydroxyl groups is 1. The predicted molar refractivity (Wildman–Crippen MR) is 51.9 cm³/mol. The van der Waals surface area contributed by atoms with Crippen molar-refractivity contribution in [2.45, 2.75) is 12.5 Å². The van der Waals surface area contributed by atoms with E-state index in [1.807, 2.05) is 12.1 Å². The summed E-state index contributed by atoms with van der Waals surface area (Å²) >= 11 is 0. The Hall–Kier alpha value is -1.59. The van der Waals surface area contributed by atoms with Crippen LogP contribution in [0.5, 0.6) is 0 Å². The highest BCUT2D eigenvalue weighted by molar-refractivity contribution is 5.31. The third kappa shape index (κ3) is 3.55. The highest BCUT2D eigenvalue weighted by atomic mass is 16.3. The molecule has 0 radical (unpaired) electrons. The van der Waals surface area contributed by atoms with Crippen LogP contribution in [0.1, 0.15) is 12.0 Å². The Kier molecular flexibility index (Phi) is 3.74. The van der Waals surface area contributed by atoms with Gasteiger partial charge in [0.15, 0.2) is 0 Å². The molecule has 0 aromatic carbocycles. The number of hydrogen-bond donors (Lipinski definition) is 1. The lowest BCUT2D eigenvalue weighted by molar-refractivity contribution is 0.230. The number of aromatic nitrogens is 1. The van der Waals surface area contributed by atoms with Crippen molar-refractivity contribution in [3.05, 3.63) is 42.7 Å². The largest absolute Gasteiger partial charge is 0.388 e. The molecule has 0 fully saturated rings. The summed E-state index contributed by atoms with van der Waals surface area (Å²) in [5.74, 6) is 5.77. The molecule has 0 aliphatic heterocycles. The average Bonchev–Trinajstić information content (AvgIpc) is 2.19. The fourth-order valence-corrected chi connectivity index (χ4v) is 0.776. The van der Waals surface area contributed by atoms with Crippen molar-refractivity contribution in [1.82, 2.24) is 4.98 Å². The lowest BCUT2D eigenvalue weighted by Crippen LogP contribution is -1.98. The molecular weight excluding hydrogens is 162 g/mol. The van der Waals surface area contributed by atoms with Crippen LogP contribution in [0.25, 0.3) is 0 Å². The molecule has 1 unspecified atom stereocenters. The molecular formula is C11H11NO. The summed E-state index contributed by atoms with van der Waals surface area (Å²) in [6.45, 7) is 3.46. The third-order valence-corrected chi connectivity index (χ3v) is 1.50. The van der Waals surface area contributed by atoms with Gasteiger partial charge < -0.3 is 5.11 Å². The van der Waals surface area contributed by atoms with Gasteiger partial charge in [-0.3, -0.25) is 4.98 Å². The Labute approximate surface area is 77.9 Å². The first kappa shape index (κ1) is 9.50. The molecule has 1 heterocycles. The van der Waals surface area contributed by atoms with Gasteiger partial charge in [0.2, 0.25) is 0 Å². The monoisotopic (exact) mass is 173 g/mol. The van der Waals surface area contributed by atoms with Crippen LogP contribution >= 0.6 is 0 Å². The Morgan fingerprint density at radius 3 is 2.85 bits per heavy atom. The second-order valence-electron chi connectivity index (χ2n) is 2.54. The van der Waals surface area contributed by atoms with Crippen LogP contribution in [0.3, 0.4) is 0 Å². The lowest BCUT2D eigenvalue weighted by Gasteiger charge is -1.95. The van der Waals surface area contributed by atoms with Crippen LogP contribution < -0.4 is 0 Å². The molecule has 1 aromatic heterocycles. The Morgan fingerprint density at radius 2 is 2.23 bits per heavy atom. The molecule has 0 saturated carbocycles. The van der Waals surface area contributed by atoms with E-state index in [1.165, 1.54) is 6.08 Å². The van der Waals surface area contributed by atoms with Crippen molar-refractivity contribution in [2.24, 2.45) is 0 Å². The summed E-state index contributed by atoms with van der Waals surface area (Å²) in [5.41, 5.74) is 0.909. The number of nitrogens with zero attached hydrogens (tertiary/aromatic N) is 1. The average molecular weight is 173 g/mol. The molecule has 2 heteroatoms. The SMILES string of the molecule is C=CC(O)CC#Cc1ccncc1. The van der Waals surface area contributed by atoms with E-state index in [9.17, 15) is 0 Å². The summed E-state index contributed by atoms with van der Waals surface area (Å²) in [6, 6.07) is 3.65. The maximum Gasteiger partial charge on any atom is 0.0827 e. The Balaban J connectivity index is 2.53. The minimum absolute atomic E-state index is 0.422. The van der Waals surface area contributed by atoms with E-state index in [0.29, 0.717) is 6.42 Å². The lowest BCUT2D eigenvalue weighted by atomic mass is 10.2. The summed E-state index contributed by atoms with van der Waals surface area (Å²) < 4.78 is 0. The van der Waals surface area contributed by atoms with Crippen molar-refractivity contribution in [3.63, 3.8) is 0 Å². The predicted octanol–water partition coefficient (Wildman–Crippen LogP) is 1.37. The third-order valence-electron chi connectivity index (χ3n) is 1.50. The van der Waals surface area contributed by atoms with Crippen molar-refractivity contribution in [2.75, 3.05) is 0 Å². The minimum Gasteiger partial charge on any atom is -0.388 e. The van der Waals surface area contributed by atoms with Crippen molar-refractivity contribution in [1.29, 1.82) is 0 Å². The first-order chi connectivity index (χ1) is 6.33. The maximum absolute atomic E-state index is 9.10. The molecule has 0 spiro atoms. The first-order valence-electron chi connectivity index (χ1n) is 4.02. The molecule has 0 bridgehead atoms. The van der Waals surface area contributed by atoms with Gasteiger partial charge in [0, 0.05) is 24.4 Å². The Morgan fingerprint density at radius 1 is 1.54 bits per heavy atom. The summed E-state index contributed by atoms with van der Waals surface area (Å²) in [4.78, 5) is 3.87. The molecule has 0 amide bonds. The molecule has 1 N–H and O–H groups in total.